The number of aromatic nitrogens is 7. The van der Waals surface area contributed by atoms with Gasteiger partial charge in [0.2, 0.25) is 88.6 Å². The summed E-state index contributed by atoms with van der Waals surface area (Å²) in [6, 6.07) is 4.04. The standard InChI is InChI=1S/C91H119N23O21S/c1-4-6-20-69-84(128)99-60(33-34-92)80(124)106-68(79(123)96-46-74(93)117)48-136-49-75(118)98-65(39-51-26-29-57(116)30-27-51)89(133)111-35-13-12-22-70(111)87(131)104-66(43-77(121)122)90(134)113-37-15-24-72(113)86(130)103-64(42-56-45-94-50-97-56)82(126)100-61(31-32-76(119)120)88(132)112-36-14-23-71(112)85(129)102-63(41-55-44-95-59-19-11-10-18-58(55)59)81(125)105-67(47-115)83(127)101-62(40-52-25-28-53-16-8-9-17-54(53)38-52)78-107-108-109-114(78)73(21-7-5-2)91(135)110(69)3/h8-11,16-19,25-30,38,44-45,50,60-73,95,115-116H,4-7,12-15,20-24,31-37,39-43,46-49,92H2,1-3H3,(H2,93,117)(H,94,97)(H,96,123)(H,98,118)(H,99,128)(H,100,126)(H,101,127)(H,102,129)(H,103,130)(H,104,131)(H,105,125)(H,106,124)(H,119,120)(H,121,122)/t60-,61-,62-,63-,64-,65-,66-,67-,68?,69-,70-,71-,72-,73-/m0/s1. The second-order valence-corrected chi connectivity index (χ2v) is 35.4. The van der Waals surface area contributed by atoms with Crippen LogP contribution < -0.4 is 64.6 Å². The number of amides is 15. The summed E-state index contributed by atoms with van der Waals surface area (Å²) in [5.74, 6) is -18.2. The van der Waals surface area contributed by atoms with Crippen LogP contribution in [0.15, 0.2) is 110 Å². The van der Waals surface area contributed by atoms with Crippen LogP contribution in [0, 0.1) is 0 Å². The highest BCUT2D eigenvalue weighted by molar-refractivity contribution is 8.00. The average molecular weight is 1900 g/mol. The number of rotatable bonds is 25. The Morgan fingerprint density at radius 2 is 1.10 bits per heavy atom. The summed E-state index contributed by atoms with van der Waals surface area (Å²) in [4.78, 5) is 262. The summed E-state index contributed by atoms with van der Waals surface area (Å²) in [6.07, 6.45) is 3.26. The number of fused-ring (bicyclic) bond motifs is 6. The number of H-pyrrole nitrogens is 2. The van der Waals surface area contributed by atoms with E-state index in [1.54, 1.807) is 36.5 Å². The first kappa shape index (κ1) is 103. The molecule has 3 saturated heterocycles. The average Bonchev–Trinajstić information content (AvgIpc) is 1.65. The molecule has 15 amide bonds. The normalized spacial score (nSPS) is 24.3. The highest BCUT2D eigenvalue weighted by Gasteiger charge is 2.46. The molecule has 0 spiro atoms. The van der Waals surface area contributed by atoms with E-state index in [0.29, 0.717) is 66.1 Å². The fraction of sp³-hybridized carbons (Fsp3) is 0.505. The Hall–Kier alpha value is -14.0. The van der Waals surface area contributed by atoms with E-state index in [-0.39, 0.29) is 120 Å². The van der Waals surface area contributed by atoms with Crippen molar-refractivity contribution in [2.45, 2.75) is 233 Å². The smallest absolute Gasteiger partial charge is 0.305 e. The molecular formula is C91H119N23O21S. The first-order valence-electron chi connectivity index (χ1n) is 45.7. The van der Waals surface area contributed by atoms with Crippen LogP contribution in [0.25, 0.3) is 21.7 Å². The summed E-state index contributed by atoms with van der Waals surface area (Å²) < 4.78 is 1.23. The summed E-state index contributed by atoms with van der Waals surface area (Å²) in [6.45, 7) is 1.32. The van der Waals surface area contributed by atoms with Gasteiger partial charge in [0.15, 0.2) is 5.82 Å². The molecule has 1 unspecified atom stereocenters. The number of primary amides is 1. The molecule has 7 heterocycles. The monoisotopic (exact) mass is 1900 g/mol. The van der Waals surface area contributed by atoms with E-state index in [0.717, 1.165) is 32.3 Å². The second kappa shape index (κ2) is 49.3. The maximum atomic E-state index is 15.7. The van der Waals surface area contributed by atoms with Crippen LogP contribution in [0.5, 0.6) is 5.75 Å². The molecule has 136 heavy (non-hydrogen) atoms. The van der Waals surface area contributed by atoms with Gasteiger partial charge in [-0.3, -0.25) is 81.5 Å². The second-order valence-electron chi connectivity index (χ2n) is 34.4. The van der Waals surface area contributed by atoms with Gasteiger partial charge in [-0.05, 0) is 133 Å². The number of para-hydroxylation sites is 1. The fourth-order valence-electron chi connectivity index (χ4n) is 17.5. The number of aromatic hydroxyl groups is 1. The number of aliphatic hydroxyl groups is 1. The number of carboxylic acid groups (broad SMARTS) is 2. The lowest BCUT2D eigenvalue weighted by molar-refractivity contribution is -0.149. The summed E-state index contributed by atoms with van der Waals surface area (Å²) in [5, 5.41) is 83.8. The Labute approximate surface area is 786 Å². The number of benzene rings is 4. The molecular weight excluding hydrogens is 1780 g/mol. The van der Waals surface area contributed by atoms with Gasteiger partial charge < -0.3 is 115 Å². The van der Waals surface area contributed by atoms with Crippen molar-refractivity contribution in [3.8, 4) is 5.75 Å². The van der Waals surface area contributed by atoms with Crippen molar-refractivity contribution >= 4 is 134 Å². The first-order valence-corrected chi connectivity index (χ1v) is 46.9. The molecule has 730 valence electrons. The number of piperidine rings is 1. The minimum atomic E-state index is -1.90. The third-order valence-electron chi connectivity index (χ3n) is 24.6. The number of phenols is 1. The number of nitrogens with two attached hydrogens (primary N) is 2. The molecule has 4 aromatic carbocycles. The number of hydrogen-bond acceptors (Lipinski definition) is 25. The van der Waals surface area contributed by atoms with Gasteiger partial charge in [-0.15, -0.1) is 16.9 Å². The first-order chi connectivity index (χ1) is 65.3. The number of carbonyl (C=O) groups excluding carboxylic acids is 15. The molecule has 0 radical (unpaired) electrons. The molecule has 0 bridgehead atoms. The number of thioether (sulfide) groups is 1. The highest BCUT2D eigenvalue weighted by atomic mass is 32.2. The van der Waals surface area contributed by atoms with Crippen molar-refractivity contribution in [1.82, 2.24) is 108 Å². The number of nitrogens with zero attached hydrogens (tertiary/aromatic N) is 9. The van der Waals surface area contributed by atoms with Crippen molar-refractivity contribution in [1.29, 1.82) is 0 Å². The molecule has 4 aliphatic rings. The van der Waals surface area contributed by atoms with Crippen LogP contribution in [0.2, 0.25) is 0 Å². The number of carboxylic acids is 2. The van der Waals surface area contributed by atoms with Crippen molar-refractivity contribution in [3.05, 3.63) is 138 Å². The molecule has 0 aliphatic carbocycles. The largest absolute Gasteiger partial charge is 0.508 e. The Morgan fingerprint density at radius 3 is 1.73 bits per heavy atom. The minimum Gasteiger partial charge on any atom is -0.508 e. The van der Waals surface area contributed by atoms with Crippen molar-refractivity contribution < 1.29 is 102 Å². The predicted molar refractivity (Wildman–Crippen MR) is 491 cm³/mol. The third-order valence-corrected chi connectivity index (χ3v) is 25.7. The van der Waals surface area contributed by atoms with Gasteiger partial charge in [-0.25, -0.2) is 9.67 Å². The van der Waals surface area contributed by atoms with Gasteiger partial charge in [-0.2, -0.15) is 0 Å². The van der Waals surface area contributed by atoms with Crippen LogP contribution in [0.3, 0.4) is 0 Å². The van der Waals surface area contributed by atoms with E-state index in [9.17, 15) is 58.8 Å². The molecule has 7 aromatic rings. The zero-order chi connectivity index (χ0) is 97.8. The minimum absolute atomic E-state index is 0.0166. The maximum Gasteiger partial charge on any atom is 0.305 e. The van der Waals surface area contributed by atoms with Gasteiger partial charge in [-0.1, -0.05) is 112 Å². The zero-order valence-corrected chi connectivity index (χ0v) is 76.6. The van der Waals surface area contributed by atoms with Gasteiger partial charge in [0.1, 0.15) is 84.3 Å². The van der Waals surface area contributed by atoms with E-state index >= 15 is 43.2 Å². The van der Waals surface area contributed by atoms with Crippen molar-refractivity contribution in [3.63, 3.8) is 0 Å². The highest BCUT2D eigenvalue weighted by Crippen LogP contribution is 2.31. The molecule has 3 fully saturated rings. The van der Waals surface area contributed by atoms with Crippen molar-refractivity contribution in [2.24, 2.45) is 11.5 Å². The molecule has 3 aromatic heterocycles. The number of likely N-dealkylation sites (N-methyl/N-ethyl adjacent to an activating group) is 1. The van der Waals surface area contributed by atoms with Gasteiger partial charge in [0.25, 0.3) is 0 Å². The number of nitrogens with one attached hydrogen (secondary N) is 12. The van der Waals surface area contributed by atoms with E-state index in [2.05, 4.69) is 83.6 Å². The van der Waals surface area contributed by atoms with Crippen LogP contribution in [-0.2, 0) is 107 Å². The lowest BCUT2D eigenvalue weighted by Gasteiger charge is -2.38. The number of carbonyl (C=O) groups is 17. The number of aliphatic hydroxyl groups excluding tert-OH is 1. The van der Waals surface area contributed by atoms with Gasteiger partial charge in [0, 0.05) is 93.5 Å². The number of aromatic amines is 2. The number of unbranched alkanes of at least 4 members (excludes halogenated alkanes) is 2. The number of phenolic OH excluding ortho intramolecular Hbond substituents is 1. The van der Waals surface area contributed by atoms with Crippen LogP contribution >= 0.6 is 11.8 Å². The van der Waals surface area contributed by atoms with E-state index < -0.39 is 229 Å². The Bertz CT molecular complexity index is 5450. The van der Waals surface area contributed by atoms with Gasteiger partial charge in [0.05, 0.1) is 37.7 Å². The fourth-order valence-corrected chi connectivity index (χ4v) is 18.3. The Morgan fingerprint density at radius 1 is 0.537 bits per heavy atom. The number of aliphatic carboxylic acids is 2. The molecule has 11 rings (SSSR count). The van der Waals surface area contributed by atoms with Crippen LogP contribution in [0.1, 0.15) is 163 Å². The molecule has 4 aliphatic heterocycles. The van der Waals surface area contributed by atoms with Crippen LogP contribution in [0.4, 0.5) is 0 Å². The Kier molecular flexibility index (Phi) is 37.2. The van der Waals surface area contributed by atoms with Gasteiger partial charge >= 0.3 is 11.9 Å². The summed E-state index contributed by atoms with van der Waals surface area (Å²) in [5.41, 5.74) is 14.0. The maximum absolute atomic E-state index is 15.7. The topological polar surface area (TPSA) is 644 Å². The predicted octanol–water partition coefficient (Wildman–Crippen LogP) is -1.12. The molecule has 20 N–H and O–H groups in total. The quantitative estimate of drug-likeness (QED) is 0.0322. The summed E-state index contributed by atoms with van der Waals surface area (Å²) >= 11 is 0.782. The molecule has 44 nitrogen and oxygen atoms in total. The SMILES string of the molecule is CCCC[C@H]1C(=O)N[C@@H](CCN)C(=O)NC(C(=O)NCC(N)=O)CSCC(=O)N[C@@H](Cc2ccc(O)cc2)C(=O)N2CCCC[C@H]2C(=O)N[C@@H](CC(=O)O)C(=O)N2CCC[C@H]2C(=O)N[C@@H](Cc2cnc[nH]2)C(=O)N[C@@H](CCC(=O)O)C(=O)N2CCC[C@H]2C(=O)N[C@@H](Cc2c[nH]c3ccccc23)C(=O)N[C@@H](CO)C(=O)N[C@@H](Cc2ccc3ccccc3c2)c2nnnn2[C@@H](CCCC)C(=O)N1C. The van der Waals surface area contributed by atoms with Crippen LogP contribution in [-0.4, -0.2) is 306 Å². The lowest BCUT2D eigenvalue weighted by atomic mass is 9.97. The number of hydrogen-bond donors (Lipinski definition) is 18. The molecule has 45 heteroatoms. The number of imidazole rings is 1. The molecule has 0 saturated carbocycles. The summed E-state index contributed by atoms with van der Waals surface area (Å²) in [7, 11) is 1.38. The Balaban J connectivity index is 0.956. The molecule has 14 atom stereocenters. The lowest BCUT2D eigenvalue weighted by Crippen LogP contribution is -2.61. The third kappa shape index (κ3) is 27.4. The zero-order valence-electron chi connectivity index (χ0n) is 75.8. The number of tetrazole rings is 1. The van der Waals surface area contributed by atoms with Crippen molar-refractivity contribution in [2.75, 3.05) is 57.9 Å². The van der Waals surface area contributed by atoms with E-state index in [1.807, 2.05) is 50.2 Å². The van der Waals surface area contributed by atoms with E-state index in [1.165, 1.54) is 58.3 Å². The van der Waals surface area contributed by atoms with E-state index in [4.69, 9.17) is 11.5 Å².